The van der Waals surface area contributed by atoms with E-state index in [1.165, 1.54) is 5.70 Å². The summed E-state index contributed by atoms with van der Waals surface area (Å²) in [4.78, 5) is 13.9. The van der Waals surface area contributed by atoms with Crippen LogP contribution in [-0.2, 0) is 9.47 Å². The van der Waals surface area contributed by atoms with Crippen molar-refractivity contribution < 1.29 is 14.3 Å². The van der Waals surface area contributed by atoms with Crippen LogP contribution in [0.2, 0.25) is 0 Å². The molecule has 25 heavy (non-hydrogen) atoms. The van der Waals surface area contributed by atoms with Gasteiger partial charge in [0.25, 0.3) is 0 Å². The minimum Gasteiger partial charge on any atom is -0.501 e. The molecule has 0 saturated carbocycles. The fourth-order valence-corrected chi connectivity index (χ4v) is 2.99. The highest BCUT2D eigenvalue weighted by molar-refractivity contribution is 9.09. The van der Waals surface area contributed by atoms with Gasteiger partial charge in [0.1, 0.15) is 5.60 Å². The highest BCUT2D eigenvalue weighted by Gasteiger charge is 2.26. The predicted molar refractivity (Wildman–Crippen MR) is 106 cm³/mol. The molecule has 1 aliphatic heterocycles. The summed E-state index contributed by atoms with van der Waals surface area (Å²) < 4.78 is 10.8. The number of nitrogens with one attached hydrogen (secondary N) is 1. The third kappa shape index (κ3) is 8.66. The number of likely N-dealkylation sites (tertiary alicyclic amines) is 1. The Balaban J connectivity index is 2.52. The molecule has 6 heteroatoms. The summed E-state index contributed by atoms with van der Waals surface area (Å²) in [5.74, 6) is 0.962. The normalized spacial score (nSPS) is 17.4. The molecule has 0 radical (unpaired) electrons. The molecule has 0 bridgehead atoms. The van der Waals surface area contributed by atoms with E-state index >= 15 is 0 Å². The van der Waals surface area contributed by atoms with Gasteiger partial charge in [0.05, 0.1) is 12.9 Å². The van der Waals surface area contributed by atoms with Gasteiger partial charge in [-0.15, -0.1) is 0 Å². The van der Waals surface area contributed by atoms with Crippen LogP contribution in [0.1, 0.15) is 53.4 Å². The lowest BCUT2D eigenvalue weighted by Gasteiger charge is -2.34. The second-order valence-electron chi connectivity index (χ2n) is 7.21. The number of halogens is 1. The quantitative estimate of drug-likeness (QED) is 0.374. The fraction of sp³-hybridized carbons (Fsp3) is 0.737. The Labute approximate surface area is 160 Å². The molecule has 0 atom stereocenters. The van der Waals surface area contributed by atoms with Gasteiger partial charge in [-0.1, -0.05) is 22.9 Å². The first-order valence-corrected chi connectivity index (χ1v) is 10.1. The Hall–Kier alpha value is -1.17. The number of carbonyl (C=O) groups excluding carboxylic acids is 1. The number of amides is 1. The van der Waals surface area contributed by atoms with Crippen LogP contribution in [0.5, 0.6) is 0 Å². The summed E-state index contributed by atoms with van der Waals surface area (Å²) in [5.41, 5.74) is 0.755. The SMILES string of the molecule is CC/C(=C\C=C(/CCBr)OC)NC1CCN(C(=O)OC(C)(C)C)CC1. The van der Waals surface area contributed by atoms with Crippen molar-refractivity contribution in [1.82, 2.24) is 10.2 Å². The van der Waals surface area contributed by atoms with E-state index in [0.29, 0.717) is 6.04 Å². The van der Waals surface area contributed by atoms with Crippen molar-refractivity contribution in [2.45, 2.75) is 65.0 Å². The number of carbonyl (C=O) groups is 1. The zero-order valence-corrected chi connectivity index (χ0v) is 17.8. The van der Waals surface area contributed by atoms with E-state index in [0.717, 1.165) is 49.9 Å². The molecular formula is C19H33BrN2O3. The van der Waals surface area contributed by atoms with E-state index < -0.39 is 5.60 Å². The average molecular weight is 417 g/mol. The summed E-state index contributed by atoms with van der Waals surface area (Å²) in [5, 5.41) is 4.49. The molecule has 0 aromatic heterocycles. The van der Waals surface area contributed by atoms with Gasteiger partial charge in [-0.3, -0.25) is 0 Å². The van der Waals surface area contributed by atoms with Crippen molar-refractivity contribution in [2.24, 2.45) is 0 Å². The average Bonchev–Trinajstić information content (AvgIpc) is 2.56. The van der Waals surface area contributed by atoms with Gasteiger partial charge in [-0.2, -0.15) is 0 Å². The Morgan fingerprint density at radius 2 is 1.92 bits per heavy atom. The van der Waals surface area contributed by atoms with E-state index in [2.05, 4.69) is 34.2 Å². The van der Waals surface area contributed by atoms with Gasteiger partial charge < -0.3 is 19.7 Å². The maximum atomic E-state index is 12.1. The molecule has 1 heterocycles. The zero-order valence-electron chi connectivity index (χ0n) is 16.2. The van der Waals surface area contributed by atoms with Crippen LogP contribution in [0.25, 0.3) is 0 Å². The number of ether oxygens (including phenoxy) is 2. The number of rotatable bonds is 7. The Kier molecular flexibility index (Phi) is 9.39. The molecule has 5 nitrogen and oxygen atoms in total. The molecular weight excluding hydrogens is 384 g/mol. The third-order valence-corrected chi connectivity index (χ3v) is 4.39. The van der Waals surface area contributed by atoms with Crippen molar-refractivity contribution in [2.75, 3.05) is 25.5 Å². The number of alkyl halides is 1. The highest BCUT2D eigenvalue weighted by atomic mass is 79.9. The fourth-order valence-electron chi connectivity index (χ4n) is 2.60. The van der Waals surface area contributed by atoms with E-state index in [1.807, 2.05) is 26.8 Å². The maximum Gasteiger partial charge on any atom is 0.410 e. The van der Waals surface area contributed by atoms with Gasteiger partial charge in [0.2, 0.25) is 0 Å². The second-order valence-corrected chi connectivity index (χ2v) is 8.00. The standard InChI is InChI=1S/C19H33BrN2O3/c1-6-15(7-8-17(24-5)9-12-20)21-16-10-13-22(14-11-16)18(23)25-19(2,3)4/h7-8,16,21H,6,9-14H2,1-5H3/b15-7+,17-8+. The predicted octanol–water partition coefficient (Wildman–Crippen LogP) is 4.58. The van der Waals surface area contributed by atoms with E-state index in [9.17, 15) is 4.79 Å². The number of hydrogen-bond donors (Lipinski definition) is 1. The molecule has 0 aromatic carbocycles. The molecule has 0 spiro atoms. The first-order chi connectivity index (χ1) is 11.8. The Bertz CT molecular complexity index is 476. The molecule has 1 rings (SSSR count). The smallest absolute Gasteiger partial charge is 0.410 e. The van der Waals surface area contributed by atoms with Gasteiger partial charge in [-0.05, 0) is 52.2 Å². The largest absolute Gasteiger partial charge is 0.501 e. The van der Waals surface area contributed by atoms with Crippen LogP contribution in [0.4, 0.5) is 4.79 Å². The van der Waals surface area contributed by atoms with Gasteiger partial charge >= 0.3 is 6.09 Å². The summed E-state index contributed by atoms with van der Waals surface area (Å²) in [6.07, 6.45) is 7.59. The van der Waals surface area contributed by atoms with Crippen LogP contribution in [-0.4, -0.2) is 48.2 Å². The monoisotopic (exact) mass is 416 g/mol. The lowest BCUT2D eigenvalue weighted by Crippen LogP contribution is -2.46. The Morgan fingerprint density at radius 3 is 2.40 bits per heavy atom. The van der Waals surface area contributed by atoms with Gasteiger partial charge in [0, 0.05) is 36.6 Å². The lowest BCUT2D eigenvalue weighted by atomic mass is 10.0. The van der Waals surface area contributed by atoms with Crippen LogP contribution >= 0.6 is 15.9 Å². The first kappa shape index (κ1) is 21.9. The molecule has 1 aliphatic rings. The summed E-state index contributed by atoms with van der Waals surface area (Å²) in [6.45, 7) is 9.29. The minimum atomic E-state index is -0.440. The number of nitrogens with zero attached hydrogens (tertiary/aromatic N) is 1. The number of hydrogen-bond acceptors (Lipinski definition) is 4. The minimum absolute atomic E-state index is 0.209. The number of methoxy groups -OCH3 is 1. The molecule has 0 unspecified atom stereocenters. The van der Waals surface area contributed by atoms with Gasteiger partial charge in [-0.25, -0.2) is 4.79 Å². The highest BCUT2D eigenvalue weighted by Crippen LogP contribution is 2.17. The van der Waals surface area contributed by atoms with Crippen LogP contribution < -0.4 is 5.32 Å². The molecule has 1 fully saturated rings. The first-order valence-electron chi connectivity index (χ1n) is 9.03. The van der Waals surface area contributed by atoms with Gasteiger partial charge in [0.15, 0.2) is 0 Å². The number of piperidine rings is 1. The second kappa shape index (κ2) is 10.7. The van der Waals surface area contributed by atoms with Crippen molar-refractivity contribution in [3.63, 3.8) is 0 Å². The molecule has 0 aromatic rings. The zero-order chi connectivity index (χ0) is 18.9. The van der Waals surface area contributed by atoms with E-state index in [-0.39, 0.29) is 6.09 Å². The van der Waals surface area contributed by atoms with Crippen LogP contribution in [0.3, 0.4) is 0 Å². The summed E-state index contributed by atoms with van der Waals surface area (Å²) in [7, 11) is 1.70. The van der Waals surface area contributed by atoms with Crippen molar-refractivity contribution >= 4 is 22.0 Å². The summed E-state index contributed by atoms with van der Waals surface area (Å²) in [6, 6.07) is 0.389. The van der Waals surface area contributed by atoms with Crippen LogP contribution in [0, 0.1) is 0 Å². The van der Waals surface area contributed by atoms with Crippen molar-refractivity contribution in [3.05, 3.63) is 23.6 Å². The molecule has 1 amide bonds. The molecule has 144 valence electrons. The van der Waals surface area contributed by atoms with E-state index in [1.54, 1.807) is 12.0 Å². The molecule has 0 aliphatic carbocycles. The van der Waals surface area contributed by atoms with Crippen LogP contribution in [0.15, 0.2) is 23.6 Å². The topological polar surface area (TPSA) is 50.8 Å². The molecule has 1 saturated heterocycles. The van der Waals surface area contributed by atoms with E-state index in [4.69, 9.17) is 9.47 Å². The number of allylic oxidation sites excluding steroid dienone is 4. The molecule has 1 N–H and O–H groups in total. The van der Waals surface area contributed by atoms with Crippen molar-refractivity contribution in [1.29, 1.82) is 0 Å². The third-order valence-electron chi connectivity index (χ3n) is 3.99. The Morgan fingerprint density at radius 1 is 1.28 bits per heavy atom. The maximum absolute atomic E-state index is 12.1. The van der Waals surface area contributed by atoms with Crippen molar-refractivity contribution in [3.8, 4) is 0 Å². The lowest BCUT2D eigenvalue weighted by molar-refractivity contribution is 0.0200. The summed E-state index contributed by atoms with van der Waals surface area (Å²) >= 11 is 3.43.